The lowest BCUT2D eigenvalue weighted by Crippen LogP contribution is -2.45. The van der Waals surface area contributed by atoms with Crippen molar-refractivity contribution in [1.82, 2.24) is 4.90 Å². The Labute approximate surface area is 213 Å². The molecule has 0 aliphatic rings. The van der Waals surface area contributed by atoms with E-state index in [0.29, 0.717) is 46.2 Å². The minimum absolute atomic E-state index is 0.0169. The van der Waals surface area contributed by atoms with Gasteiger partial charge in [0.25, 0.3) is 0 Å². The number of carbonyl (C=O) groups excluding carboxylic acids is 2. The van der Waals surface area contributed by atoms with Crippen molar-refractivity contribution in [3.05, 3.63) is 12.2 Å². The number of amides is 2. The van der Waals surface area contributed by atoms with Gasteiger partial charge in [-0.3, -0.25) is 0 Å². The lowest BCUT2D eigenvalue weighted by molar-refractivity contribution is -0.131. The summed E-state index contributed by atoms with van der Waals surface area (Å²) in [6.45, 7) is 13.5. The normalized spacial score (nSPS) is 12.1. The first-order valence-electron chi connectivity index (χ1n) is 11.8. The van der Waals surface area contributed by atoms with E-state index < -0.39 is 29.4 Å². The zero-order valence-electron chi connectivity index (χ0n) is 22.4. The number of ether oxygens (including phenoxy) is 7. The number of carbonyl (C=O) groups is 3. The van der Waals surface area contributed by atoms with Crippen LogP contribution in [0.5, 0.6) is 0 Å². The molecule has 0 aliphatic carbocycles. The summed E-state index contributed by atoms with van der Waals surface area (Å²) >= 11 is 0. The van der Waals surface area contributed by atoms with Crippen molar-refractivity contribution in [2.24, 2.45) is 0 Å². The maximum atomic E-state index is 12.4. The van der Waals surface area contributed by atoms with Gasteiger partial charge in [-0.1, -0.05) is 6.08 Å². The van der Waals surface area contributed by atoms with Crippen LogP contribution in [0.1, 0.15) is 41.5 Å². The molecule has 2 amide bonds. The van der Waals surface area contributed by atoms with Gasteiger partial charge in [-0.2, -0.15) is 0 Å². The maximum Gasteiger partial charge on any atom is 0.419 e. The van der Waals surface area contributed by atoms with Gasteiger partial charge in [0.05, 0.1) is 72.6 Å². The number of aliphatic carboxylic acids is 1. The second kappa shape index (κ2) is 18.9. The molecule has 0 aromatic heterocycles. The predicted molar refractivity (Wildman–Crippen MR) is 130 cm³/mol. The zero-order chi connectivity index (χ0) is 27.5. The Morgan fingerprint density at radius 1 is 0.639 bits per heavy atom. The van der Waals surface area contributed by atoms with Crippen LogP contribution in [-0.4, -0.2) is 112 Å². The third kappa shape index (κ3) is 22.2. The standard InChI is InChI=1S/C24H43NO11/c1-23(2,3)35-21(28)25(22(29)36-24(4,5)6)9-11-31-13-15-33-17-19-34-18-16-32-14-12-30-10-7-8-20(26)27/h7-8H,9-19H2,1-6H3,(H,26,27)/b8-7+. The van der Waals surface area contributed by atoms with Gasteiger partial charge in [0.1, 0.15) is 11.2 Å². The predicted octanol–water partition coefficient (Wildman–Crippen LogP) is 2.88. The van der Waals surface area contributed by atoms with Crippen molar-refractivity contribution < 1.29 is 52.6 Å². The first-order chi connectivity index (χ1) is 16.8. The lowest BCUT2D eigenvalue weighted by atomic mass is 10.2. The van der Waals surface area contributed by atoms with Crippen LogP contribution in [-0.2, 0) is 38.0 Å². The molecular formula is C24H43NO11. The summed E-state index contributed by atoms with van der Waals surface area (Å²) in [6.07, 6.45) is 0.853. The fourth-order valence-electron chi connectivity index (χ4n) is 2.23. The topological polar surface area (TPSA) is 139 Å². The second-order valence-electron chi connectivity index (χ2n) is 9.38. The van der Waals surface area contributed by atoms with Crippen LogP contribution < -0.4 is 0 Å². The zero-order valence-corrected chi connectivity index (χ0v) is 22.4. The van der Waals surface area contributed by atoms with Gasteiger partial charge in [0.2, 0.25) is 0 Å². The molecular weight excluding hydrogens is 478 g/mol. The molecule has 1 N–H and O–H groups in total. The Kier molecular flexibility index (Phi) is 17.8. The molecule has 0 unspecified atom stereocenters. The number of hydrogen-bond donors (Lipinski definition) is 1. The highest BCUT2D eigenvalue weighted by molar-refractivity contribution is 5.88. The minimum Gasteiger partial charge on any atom is -0.478 e. The molecule has 0 radical (unpaired) electrons. The van der Waals surface area contributed by atoms with Crippen LogP contribution in [0.3, 0.4) is 0 Å². The highest BCUT2D eigenvalue weighted by Gasteiger charge is 2.30. The van der Waals surface area contributed by atoms with Crippen LogP contribution in [0, 0.1) is 0 Å². The fraction of sp³-hybridized carbons (Fsp3) is 0.792. The molecule has 0 aromatic carbocycles. The van der Waals surface area contributed by atoms with E-state index in [1.165, 1.54) is 6.08 Å². The number of carboxylic acid groups (broad SMARTS) is 1. The van der Waals surface area contributed by atoms with Crippen molar-refractivity contribution in [3.63, 3.8) is 0 Å². The van der Waals surface area contributed by atoms with Gasteiger partial charge in [-0.15, -0.1) is 0 Å². The summed E-state index contributed by atoms with van der Waals surface area (Å²) in [4.78, 5) is 35.9. The average Bonchev–Trinajstić information content (AvgIpc) is 2.72. The molecule has 0 atom stereocenters. The summed E-state index contributed by atoms with van der Waals surface area (Å²) in [5, 5.41) is 8.42. The van der Waals surface area contributed by atoms with E-state index in [9.17, 15) is 14.4 Å². The van der Waals surface area contributed by atoms with E-state index in [-0.39, 0.29) is 26.4 Å². The number of nitrogens with zero attached hydrogens (tertiary/aromatic N) is 1. The van der Waals surface area contributed by atoms with Crippen molar-refractivity contribution in [2.45, 2.75) is 52.7 Å². The molecule has 0 fully saturated rings. The van der Waals surface area contributed by atoms with Gasteiger partial charge >= 0.3 is 18.2 Å². The van der Waals surface area contributed by atoms with E-state index in [2.05, 4.69) is 0 Å². The SMILES string of the molecule is CC(C)(C)OC(=O)N(CCOCCOCCOCCOCCOC/C=C/C(=O)O)C(=O)OC(C)(C)C. The third-order valence-electron chi connectivity index (χ3n) is 3.65. The number of rotatable bonds is 18. The minimum atomic E-state index is -1.01. The molecule has 0 spiro atoms. The van der Waals surface area contributed by atoms with Gasteiger partial charge in [0.15, 0.2) is 0 Å². The van der Waals surface area contributed by atoms with Crippen LogP contribution in [0.25, 0.3) is 0 Å². The molecule has 36 heavy (non-hydrogen) atoms. The summed E-state index contributed by atoms with van der Waals surface area (Å²) in [5.41, 5.74) is -1.51. The molecule has 0 aliphatic heterocycles. The molecule has 0 heterocycles. The highest BCUT2D eigenvalue weighted by atomic mass is 16.6. The van der Waals surface area contributed by atoms with E-state index >= 15 is 0 Å². The highest BCUT2D eigenvalue weighted by Crippen LogP contribution is 2.14. The van der Waals surface area contributed by atoms with Gasteiger partial charge in [-0.25, -0.2) is 19.3 Å². The molecule has 0 bridgehead atoms. The largest absolute Gasteiger partial charge is 0.478 e. The van der Waals surface area contributed by atoms with E-state index in [0.717, 1.165) is 11.0 Å². The smallest absolute Gasteiger partial charge is 0.419 e. The molecule has 12 nitrogen and oxygen atoms in total. The van der Waals surface area contributed by atoms with Gasteiger partial charge in [-0.05, 0) is 41.5 Å². The molecule has 0 rings (SSSR count). The number of imide groups is 1. The first-order valence-corrected chi connectivity index (χ1v) is 11.8. The van der Waals surface area contributed by atoms with Crippen molar-refractivity contribution >= 4 is 18.2 Å². The Bertz CT molecular complexity index is 625. The first kappa shape index (κ1) is 33.8. The Hall–Kier alpha value is -2.25. The van der Waals surface area contributed by atoms with Crippen LogP contribution >= 0.6 is 0 Å². The molecule has 0 saturated carbocycles. The van der Waals surface area contributed by atoms with E-state index in [1.807, 2.05) is 0 Å². The molecule has 210 valence electrons. The van der Waals surface area contributed by atoms with Crippen molar-refractivity contribution in [3.8, 4) is 0 Å². The Morgan fingerprint density at radius 3 is 1.36 bits per heavy atom. The number of carboxylic acids is 1. The lowest BCUT2D eigenvalue weighted by Gasteiger charge is -2.28. The van der Waals surface area contributed by atoms with Crippen molar-refractivity contribution in [1.29, 1.82) is 0 Å². The summed E-state index contributed by atoms with van der Waals surface area (Å²) in [5.74, 6) is -1.01. The van der Waals surface area contributed by atoms with Crippen LogP contribution in [0.2, 0.25) is 0 Å². The van der Waals surface area contributed by atoms with Crippen LogP contribution in [0.15, 0.2) is 12.2 Å². The summed E-state index contributed by atoms with van der Waals surface area (Å²) in [6, 6.07) is 0. The summed E-state index contributed by atoms with van der Waals surface area (Å²) in [7, 11) is 0. The van der Waals surface area contributed by atoms with E-state index in [4.69, 9.17) is 38.3 Å². The van der Waals surface area contributed by atoms with Crippen LogP contribution in [0.4, 0.5) is 9.59 Å². The fourth-order valence-corrected chi connectivity index (χ4v) is 2.23. The molecule has 0 aromatic rings. The maximum absolute atomic E-state index is 12.4. The quantitative estimate of drug-likeness (QED) is 0.210. The van der Waals surface area contributed by atoms with Crippen molar-refractivity contribution in [2.75, 3.05) is 72.6 Å². The van der Waals surface area contributed by atoms with Gasteiger partial charge in [0, 0.05) is 6.08 Å². The molecule has 12 heteroatoms. The monoisotopic (exact) mass is 521 g/mol. The Balaban J connectivity index is 3.83. The van der Waals surface area contributed by atoms with E-state index in [1.54, 1.807) is 41.5 Å². The average molecular weight is 522 g/mol. The third-order valence-corrected chi connectivity index (χ3v) is 3.65. The van der Waals surface area contributed by atoms with Gasteiger partial charge < -0.3 is 38.3 Å². The second-order valence-corrected chi connectivity index (χ2v) is 9.38. The number of hydrogen-bond acceptors (Lipinski definition) is 10. The summed E-state index contributed by atoms with van der Waals surface area (Å²) < 4.78 is 37.3. The molecule has 0 saturated heterocycles. The Morgan fingerprint density at radius 2 is 1.00 bits per heavy atom.